The Morgan fingerprint density at radius 2 is 2.35 bits per heavy atom. The first-order chi connectivity index (χ1) is 8.27. The monoisotopic (exact) mass is 236 g/mol. The van der Waals surface area contributed by atoms with E-state index in [-0.39, 0.29) is 5.91 Å². The van der Waals surface area contributed by atoms with Gasteiger partial charge >= 0.3 is 0 Å². The molecule has 0 unspecified atom stereocenters. The van der Waals surface area contributed by atoms with E-state index in [0.29, 0.717) is 24.3 Å². The lowest BCUT2D eigenvalue weighted by Crippen LogP contribution is -2.25. The van der Waals surface area contributed by atoms with Crippen LogP contribution in [0.15, 0.2) is 23.5 Å². The first kappa shape index (κ1) is 13.1. The van der Waals surface area contributed by atoms with Crippen molar-refractivity contribution in [3.63, 3.8) is 0 Å². The molecule has 6 nitrogen and oxygen atoms in total. The van der Waals surface area contributed by atoms with Gasteiger partial charge in [0.05, 0.1) is 17.5 Å². The van der Waals surface area contributed by atoms with Gasteiger partial charge in [-0.25, -0.2) is 0 Å². The summed E-state index contributed by atoms with van der Waals surface area (Å²) in [6.07, 6.45) is 4.40. The number of pyridine rings is 1. The van der Waals surface area contributed by atoms with Crippen LogP contribution in [0.4, 0.5) is 0 Å². The van der Waals surface area contributed by atoms with E-state index in [4.69, 9.17) is 10.9 Å². The number of hydrogen-bond acceptors (Lipinski definition) is 5. The zero-order valence-corrected chi connectivity index (χ0v) is 9.47. The Balaban J connectivity index is 2.46. The standard InChI is InChI=1S/C11H16N4O2/c12-5-1-2-6-13-11(16)9-3-4-10(8-15-17)14-7-9/h3-4,7-8,17H,1-2,5-6,12H2,(H,13,16)/b15-8-. The van der Waals surface area contributed by atoms with Gasteiger partial charge in [0, 0.05) is 12.7 Å². The Bertz CT molecular complexity index is 376. The number of aromatic nitrogens is 1. The third kappa shape index (κ3) is 4.60. The molecule has 1 aromatic heterocycles. The minimum Gasteiger partial charge on any atom is -0.411 e. The van der Waals surface area contributed by atoms with Crippen LogP contribution in [0, 0.1) is 0 Å². The summed E-state index contributed by atoms with van der Waals surface area (Å²) >= 11 is 0. The SMILES string of the molecule is NCCCCNC(=O)c1ccc(/C=N\O)nc1. The maximum atomic E-state index is 11.6. The van der Waals surface area contributed by atoms with E-state index >= 15 is 0 Å². The van der Waals surface area contributed by atoms with E-state index in [1.165, 1.54) is 12.4 Å². The smallest absolute Gasteiger partial charge is 0.252 e. The largest absolute Gasteiger partial charge is 0.411 e. The summed E-state index contributed by atoms with van der Waals surface area (Å²) in [5, 5.41) is 13.9. The van der Waals surface area contributed by atoms with Crippen LogP contribution in [0.3, 0.4) is 0 Å². The summed E-state index contributed by atoms with van der Waals surface area (Å²) in [6, 6.07) is 3.23. The third-order valence-corrected chi connectivity index (χ3v) is 2.16. The number of amides is 1. The highest BCUT2D eigenvalue weighted by molar-refractivity contribution is 5.94. The van der Waals surface area contributed by atoms with E-state index in [1.807, 2.05) is 0 Å². The maximum absolute atomic E-state index is 11.6. The van der Waals surface area contributed by atoms with Crippen molar-refractivity contribution in [2.75, 3.05) is 13.1 Å². The predicted octanol–water partition coefficient (Wildman–Crippen LogP) is 0.358. The molecule has 1 heterocycles. The van der Waals surface area contributed by atoms with Gasteiger partial charge in [0.1, 0.15) is 0 Å². The van der Waals surface area contributed by atoms with Crippen molar-refractivity contribution in [1.82, 2.24) is 10.3 Å². The summed E-state index contributed by atoms with van der Waals surface area (Å²) in [5.74, 6) is -0.165. The van der Waals surface area contributed by atoms with E-state index in [0.717, 1.165) is 12.8 Å². The molecule has 0 aliphatic heterocycles. The van der Waals surface area contributed by atoms with Gasteiger partial charge in [0.25, 0.3) is 5.91 Å². The number of rotatable bonds is 6. The molecule has 1 aromatic rings. The average molecular weight is 236 g/mol. The lowest BCUT2D eigenvalue weighted by Gasteiger charge is -2.04. The fourth-order valence-corrected chi connectivity index (χ4v) is 1.25. The Hall–Kier alpha value is -1.95. The Morgan fingerprint density at radius 1 is 1.53 bits per heavy atom. The summed E-state index contributed by atoms with van der Waals surface area (Å²) < 4.78 is 0. The number of nitrogens with two attached hydrogens (primary N) is 1. The lowest BCUT2D eigenvalue weighted by molar-refractivity contribution is 0.0952. The van der Waals surface area contributed by atoms with Crippen molar-refractivity contribution >= 4 is 12.1 Å². The topological polar surface area (TPSA) is 101 Å². The third-order valence-electron chi connectivity index (χ3n) is 2.16. The molecule has 0 aliphatic carbocycles. The maximum Gasteiger partial charge on any atom is 0.252 e. The summed E-state index contributed by atoms with van der Waals surface area (Å²) in [7, 11) is 0. The molecule has 0 atom stereocenters. The second-order valence-electron chi connectivity index (χ2n) is 3.47. The molecular formula is C11H16N4O2. The van der Waals surface area contributed by atoms with Gasteiger partial charge in [0.2, 0.25) is 0 Å². The van der Waals surface area contributed by atoms with Gasteiger partial charge in [-0.05, 0) is 31.5 Å². The van der Waals surface area contributed by atoms with Crippen molar-refractivity contribution in [3.05, 3.63) is 29.6 Å². The Labute approximate surface area is 99.5 Å². The van der Waals surface area contributed by atoms with Gasteiger partial charge in [-0.1, -0.05) is 5.16 Å². The van der Waals surface area contributed by atoms with Crippen LogP contribution in [0.2, 0.25) is 0 Å². The quantitative estimate of drug-likeness (QED) is 0.287. The molecule has 0 fully saturated rings. The Morgan fingerprint density at radius 3 is 2.94 bits per heavy atom. The van der Waals surface area contributed by atoms with Crippen LogP contribution in [0.1, 0.15) is 28.9 Å². The molecule has 0 saturated carbocycles. The second kappa shape index (κ2) is 7.34. The molecule has 92 valence electrons. The number of carbonyl (C=O) groups is 1. The molecule has 1 rings (SSSR count). The van der Waals surface area contributed by atoms with Crippen LogP contribution in [0.5, 0.6) is 0 Å². The summed E-state index contributed by atoms with van der Waals surface area (Å²) in [4.78, 5) is 15.6. The molecule has 0 bridgehead atoms. The fourth-order valence-electron chi connectivity index (χ4n) is 1.25. The molecule has 0 aliphatic rings. The van der Waals surface area contributed by atoms with Gasteiger partial charge in [-0.2, -0.15) is 0 Å². The Kier molecular flexibility index (Phi) is 5.67. The van der Waals surface area contributed by atoms with Crippen LogP contribution in [-0.4, -0.2) is 35.4 Å². The van der Waals surface area contributed by atoms with Crippen molar-refractivity contribution in [3.8, 4) is 0 Å². The molecule has 1 amide bonds. The molecule has 0 spiro atoms. The van der Waals surface area contributed by atoms with Crippen LogP contribution < -0.4 is 11.1 Å². The van der Waals surface area contributed by atoms with Crippen molar-refractivity contribution in [1.29, 1.82) is 0 Å². The highest BCUT2D eigenvalue weighted by Gasteiger charge is 2.04. The van der Waals surface area contributed by atoms with E-state index in [1.54, 1.807) is 12.1 Å². The number of unbranched alkanes of at least 4 members (excludes halogenated alkanes) is 1. The summed E-state index contributed by atoms with van der Waals surface area (Å²) in [6.45, 7) is 1.24. The van der Waals surface area contributed by atoms with Crippen LogP contribution in [-0.2, 0) is 0 Å². The zero-order chi connectivity index (χ0) is 12.5. The number of nitrogens with zero attached hydrogens (tertiary/aromatic N) is 2. The van der Waals surface area contributed by atoms with Gasteiger partial charge < -0.3 is 16.3 Å². The predicted molar refractivity (Wildman–Crippen MR) is 64.2 cm³/mol. The minimum absolute atomic E-state index is 0.165. The first-order valence-electron chi connectivity index (χ1n) is 5.39. The van der Waals surface area contributed by atoms with E-state index < -0.39 is 0 Å². The summed E-state index contributed by atoms with van der Waals surface area (Å²) in [5.41, 5.74) is 6.32. The van der Waals surface area contributed by atoms with Gasteiger partial charge in [0.15, 0.2) is 0 Å². The number of hydrogen-bond donors (Lipinski definition) is 3. The highest BCUT2D eigenvalue weighted by Crippen LogP contribution is 1.99. The van der Waals surface area contributed by atoms with Gasteiger partial charge in [-0.3, -0.25) is 9.78 Å². The molecule has 0 aromatic carbocycles. The average Bonchev–Trinajstić information content (AvgIpc) is 2.36. The number of carbonyl (C=O) groups excluding carboxylic acids is 1. The van der Waals surface area contributed by atoms with Gasteiger partial charge in [-0.15, -0.1) is 0 Å². The molecule has 17 heavy (non-hydrogen) atoms. The molecule has 4 N–H and O–H groups in total. The number of oxime groups is 1. The molecule has 0 saturated heterocycles. The van der Waals surface area contributed by atoms with E-state index in [2.05, 4.69) is 15.5 Å². The molecule has 6 heteroatoms. The molecule has 0 radical (unpaired) electrons. The van der Waals surface area contributed by atoms with Crippen molar-refractivity contribution in [2.24, 2.45) is 10.9 Å². The van der Waals surface area contributed by atoms with Crippen molar-refractivity contribution in [2.45, 2.75) is 12.8 Å². The molecular weight excluding hydrogens is 220 g/mol. The van der Waals surface area contributed by atoms with Crippen LogP contribution >= 0.6 is 0 Å². The van der Waals surface area contributed by atoms with Crippen molar-refractivity contribution < 1.29 is 10.0 Å². The van der Waals surface area contributed by atoms with E-state index in [9.17, 15) is 4.79 Å². The normalized spacial score (nSPS) is 10.6. The minimum atomic E-state index is -0.165. The second-order valence-corrected chi connectivity index (χ2v) is 3.47. The number of nitrogens with one attached hydrogen (secondary N) is 1. The zero-order valence-electron chi connectivity index (χ0n) is 9.47. The first-order valence-corrected chi connectivity index (χ1v) is 5.39. The fraction of sp³-hybridized carbons (Fsp3) is 0.364. The highest BCUT2D eigenvalue weighted by atomic mass is 16.4. The van der Waals surface area contributed by atoms with Crippen LogP contribution in [0.25, 0.3) is 0 Å². The lowest BCUT2D eigenvalue weighted by atomic mass is 10.2.